The lowest BCUT2D eigenvalue weighted by molar-refractivity contribution is -0.131. The highest BCUT2D eigenvalue weighted by atomic mass is 16.2. The number of nitrogens with one attached hydrogen (secondary N) is 1. The van der Waals surface area contributed by atoms with Crippen LogP contribution < -0.4 is 0 Å². The van der Waals surface area contributed by atoms with Crippen molar-refractivity contribution in [2.24, 2.45) is 0 Å². The number of aromatic nitrogens is 2. The van der Waals surface area contributed by atoms with Gasteiger partial charge in [0.2, 0.25) is 0 Å². The zero-order chi connectivity index (χ0) is 20.9. The average Bonchev–Trinajstić information content (AvgIpc) is 3.38. The van der Waals surface area contributed by atoms with E-state index in [4.69, 9.17) is 0 Å². The number of hydrogen-bond donors (Lipinski definition) is 1. The Balaban J connectivity index is 1.36. The molecule has 2 amide bonds. The van der Waals surface area contributed by atoms with E-state index in [1.54, 1.807) is 40.4 Å². The maximum Gasteiger partial charge on any atom is 0.295 e. The van der Waals surface area contributed by atoms with E-state index in [9.17, 15) is 14.4 Å². The predicted molar refractivity (Wildman–Crippen MR) is 111 cm³/mol. The summed E-state index contributed by atoms with van der Waals surface area (Å²) in [5, 5.41) is 0.712. The molecule has 7 heteroatoms. The second-order valence-corrected chi connectivity index (χ2v) is 8.12. The lowest BCUT2D eigenvalue weighted by Crippen LogP contribution is -2.59. The summed E-state index contributed by atoms with van der Waals surface area (Å²) in [6, 6.07) is 10.9. The van der Waals surface area contributed by atoms with Crippen molar-refractivity contribution in [3.8, 4) is 0 Å². The molecular weight excluding hydrogens is 380 g/mol. The third kappa shape index (κ3) is 2.89. The van der Waals surface area contributed by atoms with E-state index in [0.717, 1.165) is 24.1 Å². The summed E-state index contributed by atoms with van der Waals surface area (Å²) in [5.41, 5.74) is 2.16. The first-order valence-electron chi connectivity index (χ1n) is 10.1. The maximum atomic E-state index is 13.2. The fourth-order valence-corrected chi connectivity index (χ4v) is 4.42. The molecule has 0 radical (unpaired) electrons. The molecule has 3 heterocycles. The SMILES string of the molecule is Cc1nccc2c(C(=O)C(=O)N3CCN(C(=O)c4ccccc4)CC34CC4)c[nH]c12. The number of hydrogen-bond acceptors (Lipinski definition) is 4. The molecule has 1 aliphatic carbocycles. The van der Waals surface area contributed by atoms with Crippen molar-refractivity contribution in [3.63, 3.8) is 0 Å². The first kappa shape index (κ1) is 18.5. The van der Waals surface area contributed by atoms with Gasteiger partial charge in [-0.15, -0.1) is 0 Å². The molecule has 2 aliphatic rings. The summed E-state index contributed by atoms with van der Waals surface area (Å²) in [6.07, 6.45) is 4.85. The Labute approximate surface area is 173 Å². The molecule has 0 bridgehead atoms. The smallest absolute Gasteiger partial charge is 0.295 e. The number of nitrogens with zero attached hydrogens (tertiary/aromatic N) is 3. The van der Waals surface area contributed by atoms with Crippen LogP contribution in [0.15, 0.2) is 48.8 Å². The Morgan fingerprint density at radius 3 is 2.57 bits per heavy atom. The summed E-state index contributed by atoms with van der Waals surface area (Å²) in [4.78, 5) is 49.9. The minimum absolute atomic E-state index is 0.0279. The predicted octanol–water partition coefficient (Wildman–Crippen LogP) is 2.57. The molecule has 0 unspecified atom stereocenters. The molecule has 1 aromatic carbocycles. The largest absolute Gasteiger partial charge is 0.359 e. The average molecular weight is 402 g/mol. The number of aromatic amines is 1. The van der Waals surface area contributed by atoms with E-state index in [2.05, 4.69) is 9.97 Å². The van der Waals surface area contributed by atoms with Crippen molar-refractivity contribution in [2.75, 3.05) is 19.6 Å². The normalized spacial score (nSPS) is 17.4. The van der Waals surface area contributed by atoms with Crippen LogP contribution in [0.2, 0.25) is 0 Å². The zero-order valence-electron chi connectivity index (χ0n) is 16.7. The Bertz CT molecular complexity index is 1160. The van der Waals surface area contributed by atoms with Gasteiger partial charge < -0.3 is 14.8 Å². The van der Waals surface area contributed by atoms with Crippen LogP contribution in [-0.2, 0) is 4.79 Å². The number of carbonyl (C=O) groups excluding carboxylic acids is 3. The summed E-state index contributed by atoms with van der Waals surface area (Å²) in [5.74, 6) is -1.03. The van der Waals surface area contributed by atoms with E-state index in [1.807, 2.05) is 25.1 Å². The maximum absolute atomic E-state index is 13.2. The number of pyridine rings is 1. The van der Waals surface area contributed by atoms with Gasteiger partial charge in [-0.2, -0.15) is 0 Å². The first-order valence-corrected chi connectivity index (χ1v) is 10.1. The van der Waals surface area contributed by atoms with Gasteiger partial charge >= 0.3 is 0 Å². The zero-order valence-corrected chi connectivity index (χ0v) is 16.7. The molecule has 1 N–H and O–H groups in total. The minimum Gasteiger partial charge on any atom is -0.359 e. The molecule has 5 rings (SSSR count). The summed E-state index contributed by atoms with van der Waals surface area (Å²) < 4.78 is 0. The number of piperazine rings is 1. The molecule has 1 aliphatic heterocycles. The van der Waals surface area contributed by atoms with Gasteiger partial charge in [0.05, 0.1) is 22.3 Å². The van der Waals surface area contributed by atoms with E-state index < -0.39 is 17.2 Å². The number of amides is 2. The summed E-state index contributed by atoms with van der Waals surface area (Å²) in [7, 11) is 0. The van der Waals surface area contributed by atoms with Crippen LogP contribution in [-0.4, -0.2) is 62.5 Å². The van der Waals surface area contributed by atoms with Gasteiger partial charge in [0.15, 0.2) is 0 Å². The van der Waals surface area contributed by atoms with Crippen LogP contribution >= 0.6 is 0 Å². The highest BCUT2D eigenvalue weighted by Crippen LogP contribution is 2.44. The number of carbonyl (C=O) groups is 3. The topological polar surface area (TPSA) is 86.4 Å². The van der Waals surface area contributed by atoms with Crippen molar-refractivity contribution >= 4 is 28.5 Å². The quantitative estimate of drug-likeness (QED) is 0.539. The van der Waals surface area contributed by atoms with Crippen molar-refractivity contribution in [2.45, 2.75) is 25.3 Å². The van der Waals surface area contributed by atoms with Gasteiger partial charge in [-0.1, -0.05) is 18.2 Å². The monoisotopic (exact) mass is 402 g/mol. The number of rotatable bonds is 3. The van der Waals surface area contributed by atoms with Crippen LogP contribution in [0.1, 0.15) is 39.3 Å². The lowest BCUT2D eigenvalue weighted by atomic mass is 10.0. The molecule has 1 spiro atoms. The third-order valence-electron chi connectivity index (χ3n) is 6.26. The molecule has 3 aromatic rings. The molecule has 2 fully saturated rings. The number of benzene rings is 1. The van der Waals surface area contributed by atoms with Crippen molar-refractivity contribution in [1.29, 1.82) is 0 Å². The Kier molecular flexibility index (Phi) is 4.20. The molecular formula is C23H22N4O3. The number of Topliss-reactive ketones (excluding diaryl/α,β-unsaturated/α-hetero) is 1. The number of aryl methyl sites for hydroxylation is 1. The van der Waals surface area contributed by atoms with Gasteiger partial charge in [-0.3, -0.25) is 19.4 Å². The molecule has 7 nitrogen and oxygen atoms in total. The number of fused-ring (bicyclic) bond motifs is 1. The van der Waals surface area contributed by atoms with Gasteiger partial charge in [0.25, 0.3) is 17.6 Å². The minimum atomic E-state index is -0.513. The fraction of sp³-hybridized carbons (Fsp3) is 0.304. The second kappa shape index (κ2) is 6.79. The van der Waals surface area contributed by atoms with Gasteiger partial charge in [-0.05, 0) is 38.0 Å². The summed E-state index contributed by atoms with van der Waals surface area (Å²) in [6.45, 7) is 3.12. The summed E-state index contributed by atoms with van der Waals surface area (Å²) >= 11 is 0. The Hall–Kier alpha value is -3.48. The molecule has 0 atom stereocenters. The van der Waals surface area contributed by atoms with E-state index >= 15 is 0 Å². The molecule has 30 heavy (non-hydrogen) atoms. The van der Waals surface area contributed by atoms with Crippen LogP contribution in [0.25, 0.3) is 10.9 Å². The van der Waals surface area contributed by atoms with Crippen molar-refractivity contribution in [1.82, 2.24) is 19.8 Å². The van der Waals surface area contributed by atoms with Crippen LogP contribution in [0.4, 0.5) is 0 Å². The highest BCUT2D eigenvalue weighted by molar-refractivity contribution is 6.45. The Morgan fingerprint density at radius 1 is 1.07 bits per heavy atom. The standard InChI is InChI=1S/C23H22N4O3/c1-15-19-17(7-10-24-15)18(13-25-19)20(28)22(30)27-12-11-26(14-23(27)8-9-23)21(29)16-5-3-2-4-6-16/h2-7,10,13,25H,8-9,11-12,14H2,1H3. The fourth-order valence-electron chi connectivity index (χ4n) is 4.42. The second-order valence-electron chi connectivity index (χ2n) is 8.12. The molecule has 2 aromatic heterocycles. The van der Waals surface area contributed by atoms with Gasteiger partial charge in [0.1, 0.15) is 0 Å². The van der Waals surface area contributed by atoms with E-state index in [-0.39, 0.29) is 5.91 Å². The molecule has 1 saturated heterocycles. The van der Waals surface area contributed by atoms with Crippen molar-refractivity contribution < 1.29 is 14.4 Å². The van der Waals surface area contributed by atoms with Crippen LogP contribution in [0.5, 0.6) is 0 Å². The highest BCUT2D eigenvalue weighted by Gasteiger charge is 2.55. The van der Waals surface area contributed by atoms with E-state index in [0.29, 0.717) is 36.1 Å². The Morgan fingerprint density at radius 2 is 1.83 bits per heavy atom. The van der Waals surface area contributed by atoms with Crippen LogP contribution in [0, 0.1) is 6.92 Å². The van der Waals surface area contributed by atoms with Gasteiger partial charge in [-0.25, -0.2) is 0 Å². The van der Waals surface area contributed by atoms with Crippen molar-refractivity contribution in [3.05, 3.63) is 65.6 Å². The van der Waals surface area contributed by atoms with Gasteiger partial charge in [0, 0.05) is 43.0 Å². The molecule has 152 valence electrons. The van der Waals surface area contributed by atoms with Crippen LogP contribution in [0.3, 0.4) is 0 Å². The number of H-pyrrole nitrogens is 1. The number of ketones is 1. The first-order chi connectivity index (χ1) is 14.5. The van der Waals surface area contributed by atoms with E-state index in [1.165, 1.54) is 0 Å². The third-order valence-corrected chi connectivity index (χ3v) is 6.26. The lowest BCUT2D eigenvalue weighted by Gasteiger charge is -2.41. The molecule has 1 saturated carbocycles.